The fourth-order valence-corrected chi connectivity index (χ4v) is 4.75. The fraction of sp³-hybridized carbons (Fsp3) is 0.600. The minimum absolute atomic E-state index is 0.398. The Labute approximate surface area is 117 Å². The van der Waals surface area contributed by atoms with E-state index in [4.69, 9.17) is 11.6 Å². The highest BCUT2D eigenvalue weighted by Crippen LogP contribution is 2.36. The van der Waals surface area contributed by atoms with Crippen molar-refractivity contribution in [1.29, 1.82) is 0 Å². The Morgan fingerprint density at radius 3 is 2.88 bits per heavy atom. The minimum atomic E-state index is 0.398. The molecule has 0 spiro atoms. The zero-order valence-electron chi connectivity index (χ0n) is 8.87. The summed E-state index contributed by atoms with van der Waals surface area (Å²) in [6, 6.07) is 0. The Hall–Kier alpha value is 0.550. The van der Waals surface area contributed by atoms with Crippen molar-refractivity contribution in [3.63, 3.8) is 0 Å². The van der Waals surface area contributed by atoms with Crippen LogP contribution in [0.2, 0.25) is 5.15 Å². The Morgan fingerprint density at radius 1 is 1.44 bits per heavy atom. The highest BCUT2D eigenvalue weighted by atomic mass is 79.9. The molecule has 0 bridgehead atoms. The SMILES string of the molecule is CCc1nc(C2CSCCS2)nc(Cl)c1Br. The van der Waals surface area contributed by atoms with Crippen molar-refractivity contribution >= 4 is 51.1 Å². The number of hydrogen-bond donors (Lipinski definition) is 0. The van der Waals surface area contributed by atoms with E-state index >= 15 is 0 Å². The second-order valence-corrected chi connectivity index (χ2v) is 7.03. The number of aromatic nitrogens is 2. The molecule has 0 radical (unpaired) electrons. The summed E-state index contributed by atoms with van der Waals surface area (Å²) in [6.45, 7) is 2.08. The van der Waals surface area contributed by atoms with Crippen LogP contribution in [-0.2, 0) is 6.42 Å². The molecule has 0 N–H and O–H groups in total. The highest BCUT2D eigenvalue weighted by Gasteiger charge is 2.21. The molecule has 0 aromatic carbocycles. The van der Waals surface area contributed by atoms with Crippen molar-refractivity contribution in [3.05, 3.63) is 21.1 Å². The van der Waals surface area contributed by atoms with E-state index in [0.717, 1.165) is 28.2 Å². The molecule has 2 heterocycles. The van der Waals surface area contributed by atoms with Crippen LogP contribution in [0.15, 0.2) is 4.47 Å². The second-order valence-electron chi connectivity index (χ2n) is 3.42. The van der Waals surface area contributed by atoms with Crippen LogP contribution >= 0.6 is 51.1 Å². The lowest BCUT2D eigenvalue weighted by atomic mass is 10.3. The summed E-state index contributed by atoms with van der Waals surface area (Å²) in [5, 5.41) is 0.938. The van der Waals surface area contributed by atoms with Crippen molar-refractivity contribution in [2.45, 2.75) is 18.6 Å². The van der Waals surface area contributed by atoms with E-state index in [2.05, 4.69) is 32.8 Å². The lowest BCUT2D eigenvalue weighted by Crippen LogP contribution is -2.11. The quantitative estimate of drug-likeness (QED) is 0.761. The molecule has 2 rings (SSSR count). The summed E-state index contributed by atoms with van der Waals surface area (Å²) in [5.41, 5.74) is 1.01. The average Bonchev–Trinajstić information content (AvgIpc) is 2.33. The predicted octanol–water partition coefficient (Wildman–Crippen LogP) is 3.98. The van der Waals surface area contributed by atoms with E-state index in [9.17, 15) is 0 Å². The number of aryl methyl sites for hydroxylation is 1. The molecule has 16 heavy (non-hydrogen) atoms. The molecule has 1 unspecified atom stereocenters. The van der Waals surface area contributed by atoms with Crippen LogP contribution in [0, 0.1) is 0 Å². The zero-order chi connectivity index (χ0) is 11.5. The van der Waals surface area contributed by atoms with Crippen LogP contribution in [-0.4, -0.2) is 27.2 Å². The molecule has 1 saturated heterocycles. The van der Waals surface area contributed by atoms with Crippen molar-refractivity contribution in [2.75, 3.05) is 17.3 Å². The second kappa shape index (κ2) is 5.94. The van der Waals surface area contributed by atoms with Crippen LogP contribution in [0.3, 0.4) is 0 Å². The molecular weight excluding hydrogens is 328 g/mol. The molecule has 0 amide bonds. The Balaban J connectivity index is 2.29. The van der Waals surface area contributed by atoms with Crippen molar-refractivity contribution in [3.8, 4) is 0 Å². The zero-order valence-corrected chi connectivity index (χ0v) is 12.8. The third-order valence-electron chi connectivity index (χ3n) is 2.34. The topological polar surface area (TPSA) is 25.8 Å². The maximum absolute atomic E-state index is 6.10. The molecule has 2 nitrogen and oxygen atoms in total. The normalized spacial score (nSPS) is 21.1. The van der Waals surface area contributed by atoms with Gasteiger partial charge >= 0.3 is 0 Å². The molecule has 0 aliphatic carbocycles. The van der Waals surface area contributed by atoms with E-state index in [1.54, 1.807) is 0 Å². The Bertz CT molecular complexity index is 383. The van der Waals surface area contributed by atoms with Gasteiger partial charge in [-0.3, -0.25) is 0 Å². The van der Waals surface area contributed by atoms with Crippen LogP contribution in [0.1, 0.15) is 23.7 Å². The third kappa shape index (κ3) is 2.86. The van der Waals surface area contributed by atoms with Crippen molar-refractivity contribution < 1.29 is 0 Å². The van der Waals surface area contributed by atoms with E-state index < -0.39 is 0 Å². The Morgan fingerprint density at radius 2 is 2.25 bits per heavy atom. The number of hydrogen-bond acceptors (Lipinski definition) is 4. The van der Waals surface area contributed by atoms with Crippen LogP contribution in [0.5, 0.6) is 0 Å². The molecule has 1 aliphatic rings. The molecule has 0 saturated carbocycles. The van der Waals surface area contributed by atoms with Crippen LogP contribution < -0.4 is 0 Å². The molecular formula is C10H12BrClN2S2. The van der Waals surface area contributed by atoms with E-state index in [0.29, 0.717) is 10.4 Å². The van der Waals surface area contributed by atoms with Crippen molar-refractivity contribution in [2.24, 2.45) is 0 Å². The summed E-state index contributed by atoms with van der Waals surface area (Å²) in [4.78, 5) is 8.98. The molecule has 1 aliphatic heterocycles. The predicted molar refractivity (Wildman–Crippen MR) is 76.6 cm³/mol. The maximum atomic E-state index is 6.10. The van der Waals surface area contributed by atoms with Gasteiger partial charge in [0.05, 0.1) is 15.4 Å². The summed E-state index contributed by atoms with van der Waals surface area (Å²) < 4.78 is 0.842. The van der Waals surface area contributed by atoms with Gasteiger partial charge in [-0.15, -0.1) is 11.8 Å². The molecule has 6 heteroatoms. The first-order chi connectivity index (χ1) is 7.72. The smallest absolute Gasteiger partial charge is 0.147 e. The first kappa shape index (κ1) is 13.0. The van der Waals surface area contributed by atoms with Gasteiger partial charge in [0, 0.05) is 17.3 Å². The van der Waals surface area contributed by atoms with Gasteiger partial charge in [-0.2, -0.15) is 11.8 Å². The number of thioether (sulfide) groups is 2. The van der Waals surface area contributed by atoms with Crippen LogP contribution in [0.4, 0.5) is 0 Å². The number of nitrogens with zero attached hydrogens (tertiary/aromatic N) is 2. The van der Waals surface area contributed by atoms with E-state index in [1.807, 2.05) is 23.5 Å². The maximum Gasteiger partial charge on any atom is 0.147 e. The van der Waals surface area contributed by atoms with Gasteiger partial charge in [0.1, 0.15) is 11.0 Å². The molecule has 1 fully saturated rings. The van der Waals surface area contributed by atoms with Gasteiger partial charge in [0.15, 0.2) is 0 Å². The Kier molecular flexibility index (Phi) is 4.82. The summed E-state index contributed by atoms with van der Waals surface area (Å²) in [6.07, 6.45) is 0.875. The summed E-state index contributed by atoms with van der Waals surface area (Å²) >= 11 is 13.4. The van der Waals surface area contributed by atoms with Gasteiger partial charge in [-0.1, -0.05) is 18.5 Å². The van der Waals surface area contributed by atoms with Gasteiger partial charge in [0.2, 0.25) is 0 Å². The van der Waals surface area contributed by atoms with Crippen LogP contribution in [0.25, 0.3) is 0 Å². The van der Waals surface area contributed by atoms with E-state index in [-0.39, 0.29) is 0 Å². The molecule has 88 valence electrons. The van der Waals surface area contributed by atoms with Gasteiger partial charge in [-0.05, 0) is 22.4 Å². The van der Waals surface area contributed by atoms with Gasteiger partial charge in [0.25, 0.3) is 0 Å². The standard InChI is InChI=1S/C10H12BrClN2S2/c1-2-6-8(11)9(12)14-10(13-6)7-5-15-3-4-16-7/h7H,2-5H2,1H3. The van der Waals surface area contributed by atoms with Crippen molar-refractivity contribution in [1.82, 2.24) is 9.97 Å². The summed E-state index contributed by atoms with van der Waals surface area (Å²) in [7, 11) is 0. The van der Waals surface area contributed by atoms with E-state index in [1.165, 1.54) is 11.5 Å². The fourth-order valence-electron chi connectivity index (χ4n) is 1.50. The lowest BCUT2D eigenvalue weighted by Gasteiger charge is -2.20. The number of rotatable bonds is 2. The molecule has 1 aromatic heterocycles. The molecule has 1 aromatic rings. The average molecular weight is 340 g/mol. The first-order valence-electron chi connectivity index (χ1n) is 5.13. The largest absolute Gasteiger partial charge is 0.235 e. The molecule has 1 atom stereocenters. The van der Waals surface area contributed by atoms with Gasteiger partial charge < -0.3 is 0 Å². The summed E-state index contributed by atoms with van der Waals surface area (Å²) in [5.74, 6) is 4.38. The monoisotopic (exact) mass is 338 g/mol. The van der Waals surface area contributed by atoms with Gasteiger partial charge in [-0.25, -0.2) is 9.97 Å². The number of halogens is 2. The lowest BCUT2D eigenvalue weighted by molar-refractivity contribution is 0.870. The highest BCUT2D eigenvalue weighted by molar-refractivity contribution is 9.10. The third-order valence-corrected chi connectivity index (χ3v) is 6.42. The minimum Gasteiger partial charge on any atom is -0.235 e. The first-order valence-corrected chi connectivity index (χ1v) is 8.51.